The van der Waals surface area contributed by atoms with E-state index in [1.54, 1.807) is 23.1 Å². The highest BCUT2D eigenvalue weighted by Gasteiger charge is 2.13. The molecule has 2 aromatic heterocycles. The molecule has 0 unspecified atom stereocenters. The number of nitrogens with one attached hydrogen (secondary N) is 1. The fourth-order valence-electron chi connectivity index (χ4n) is 1.62. The van der Waals surface area contributed by atoms with Gasteiger partial charge in [-0.3, -0.25) is 9.48 Å². The molecular formula is C12H13BrN4O. The Balaban J connectivity index is 2.16. The third-order valence-electron chi connectivity index (χ3n) is 2.62. The van der Waals surface area contributed by atoms with Crippen LogP contribution in [-0.2, 0) is 6.54 Å². The molecule has 0 bridgehead atoms. The molecule has 94 valence electrons. The topological polar surface area (TPSA) is 59.8 Å². The largest absolute Gasteiger partial charge is 0.306 e. The van der Waals surface area contributed by atoms with Crippen LogP contribution in [0.3, 0.4) is 0 Å². The quantitative estimate of drug-likeness (QED) is 0.948. The van der Waals surface area contributed by atoms with Gasteiger partial charge in [-0.2, -0.15) is 5.10 Å². The summed E-state index contributed by atoms with van der Waals surface area (Å²) in [7, 11) is 0. The van der Waals surface area contributed by atoms with Gasteiger partial charge in [-0.05, 0) is 41.9 Å². The molecule has 0 aliphatic carbocycles. The van der Waals surface area contributed by atoms with Crippen LogP contribution in [0.15, 0.2) is 29.0 Å². The van der Waals surface area contributed by atoms with Gasteiger partial charge in [0.2, 0.25) is 0 Å². The van der Waals surface area contributed by atoms with Crippen molar-refractivity contribution < 1.29 is 4.79 Å². The van der Waals surface area contributed by atoms with Crippen molar-refractivity contribution in [2.75, 3.05) is 5.32 Å². The number of pyridine rings is 1. The van der Waals surface area contributed by atoms with E-state index < -0.39 is 0 Å². The van der Waals surface area contributed by atoms with Crippen LogP contribution >= 0.6 is 15.9 Å². The Labute approximate surface area is 113 Å². The van der Waals surface area contributed by atoms with Crippen LogP contribution < -0.4 is 5.32 Å². The summed E-state index contributed by atoms with van der Waals surface area (Å²) in [5, 5.41) is 6.88. The molecule has 1 amide bonds. The second-order valence-corrected chi connectivity index (χ2v) is 4.69. The van der Waals surface area contributed by atoms with Crippen molar-refractivity contribution in [2.45, 2.75) is 20.4 Å². The summed E-state index contributed by atoms with van der Waals surface area (Å²) in [5.74, 6) is 0.328. The molecule has 0 radical (unpaired) electrons. The van der Waals surface area contributed by atoms with Gasteiger partial charge in [0.25, 0.3) is 5.91 Å². The zero-order valence-electron chi connectivity index (χ0n) is 10.1. The van der Waals surface area contributed by atoms with Crippen LogP contribution in [0.1, 0.15) is 23.0 Å². The van der Waals surface area contributed by atoms with Gasteiger partial charge in [0, 0.05) is 22.9 Å². The lowest BCUT2D eigenvalue weighted by molar-refractivity contribution is 0.102. The van der Waals surface area contributed by atoms with Crippen molar-refractivity contribution in [3.8, 4) is 0 Å². The monoisotopic (exact) mass is 308 g/mol. The van der Waals surface area contributed by atoms with Gasteiger partial charge in [0.05, 0.1) is 11.8 Å². The summed E-state index contributed by atoms with van der Waals surface area (Å²) in [6, 6.07) is 3.56. The molecule has 18 heavy (non-hydrogen) atoms. The number of nitrogens with zero attached hydrogens (tertiary/aromatic N) is 3. The van der Waals surface area contributed by atoms with E-state index in [9.17, 15) is 4.79 Å². The van der Waals surface area contributed by atoms with Crippen LogP contribution in [0.5, 0.6) is 0 Å². The standard InChI is InChI=1S/C12H13BrN4O/c1-3-17-8(2)10(7-15-17)12(18)16-11-5-4-9(13)6-14-11/h4-7H,3H2,1-2H3,(H,14,16,18). The van der Waals surface area contributed by atoms with Crippen molar-refractivity contribution in [1.82, 2.24) is 14.8 Å². The molecule has 1 N–H and O–H groups in total. The SMILES string of the molecule is CCn1ncc(C(=O)Nc2ccc(Br)cn2)c1C. The number of hydrogen-bond donors (Lipinski definition) is 1. The first kappa shape index (κ1) is 12.8. The fourth-order valence-corrected chi connectivity index (χ4v) is 1.86. The van der Waals surface area contributed by atoms with Gasteiger partial charge in [-0.1, -0.05) is 0 Å². The highest BCUT2D eigenvalue weighted by atomic mass is 79.9. The molecule has 2 aromatic rings. The lowest BCUT2D eigenvalue weighted by Gasteiger charge is -2.04. The summed E-state index contributed by atoms with van der Waals surface area (Å²) in [6.07, 6.45) is 3.21. The number of rotatable bonds is 3. The average molecular weight is 309 g/mol. The van der Waals surface area contributed by atoms with Gasteiger partial charge in [-0.15, -0.1) is 0 Å². The molecule has 2 rings (SSSR count). The Kier molecular flexibility index (Phi) is 3.76. The number of aromatic nitrogens is 3. The number of anilines is 1. The molecule has 0 fully saturated rings. The first-order valence-corrected chi connectivity index (χ1v) is 6.36. The molecule has 0 saturated heterocycles. The highest BCUT2D eigenvalue weighted by Crippen LogP contribution is 2.13. The Morgan fingerprint density at radius 1 is 1.44 bits per heavy atom. The predicted octanol–water partition coefficient (Wildman–Crippen LogP) is 2.62. The maximum absolute atomic E-state index is 12.0. The summed E-state index contributed by atoms with van der Waals surface area (Å²) in [4.78, 5) is 16.1. The van der Waals surface area contributed by atoms with E-state index in [0.29, 0.717) is 11.4 Å². The Morgan fingerprint density at radius 2 is 2.22 bits per heavy atom. The van der Waals surface area contributed by atoms with Crippen LogP contribution in [-0.4, -0.2) is 20.7 Å². The maximum Gasteiger partial charge on any atom is 0.260 e. The smallest absolute Gasteiger partial charge is 0.260 e. The van der Waals surface area contributed by atoms with Gasteiger partial charge < -0.3 is 5.32 Å². The molecular weight excluding hydrogens is 296 g/mol. The average Bonchev–Trinajstić information content (AvgIpc) is 2.73. The summed E-state index contributed by atoms with van der Waals surface area (Å²) in [5.41, 5.74) is 1.42. The third-order valence-corrected chi connectivity index (χ3v) is 3.09. The normalized spacial score (nSPS) is 10.4. The molecule has 0 atom stereocenters. The molecule has 0 aliphatic rings. The van der Waals surface area contributed by atoms with E-state index in [0.717, 1.165) is 16.7 Å². The van der Waals surface area contributed by atoms with Crippen molar-refractivity contribution >= 4 is 27.7 Å². The van der Waals surface area contributed by atoms with Crippen molar-refractivity contribution in [3.63, 3.8) is 0 Å². The van der Waals surface area contributed by atoms with Crippen molar-refractivity contribution in [1.29, 1.82) is 0 Å². The Hall–Kier alpha value is -1.69. The van der Waals surface area contributed by atoms with E-state index >= 15 is 0 Å². The first-order chi connectivity index (χ1) is 8.61. The minimum atomic E-state index is -0.193. The van der Waals surface area contributed by atoms with E-state index in [4.69, 9.17) is 0 Å². The number of carbonyl (C=O) groups excluding carboxylic acids is 1. The summed E-state index contributed by atoms with van der Waals surface area (Å²) < 4.78 is 2.65. The highest BCUT2D eigenvalue weighted by molar-refractivity contribution is 9.10. The van der Waals surface area contributed by atoms with E-state index in [1.165, 1.54) is 0 Å². The van der Waals surface area contributed by atoms with Gasteiger partial charge in [0.1, 0.15) is 5.82 Å². The molecule has 6 heteroatoms. The summed E-state index contributed by atoms with van der Waals surface area (Å²) >= 11 is 3.29. The number of amides is 1. The first-order valence-electron chi connectivity index (χ1n) is 5.57. The van der Waals surface area contributed by atoms with Gasteiger partial charge >= 0.3 is 0 Å². The predicted molar refractivity (Wildman–Crippen MR) is 72.5 cm³/mol. The van der Waals surface area contributed by atoms with Gasteiger partial charge in [0.15, 0.2) is 0 Å². The molecule has 0 aliphatic heterocycles. The zero-order chi connectivity index (χ0) is 13.1. The maximum atomic E-state index is 12.0. The fraction of sp³-hybridized carbons (Fsp3) is 0.250. The third kappa shape index (κ3) is 2.59. The molecule has 5 nitrogen and oxygen atoms in total. The van der Waals surface area contributed by atoms with Crippen molar-refractivity contribution in [2.24, 2.45) is 0 Å². The zero-order valence-corrected chi connectivity index (χ0v) is 11.7. The number of aryl methyl sites for hydroxylation is 1. The Bertz CT molecular complexity index is 562. The number of halogens is 1. The molecule has 2 heterocycles. The second kappa shape index (κ2) is 5.30. The van der Waals surface area contributed by atoms with Crippen molar-refractivity contribution in [3.05, 3.63) is 40.3 Å². The van der Waals surface area contributed by atoms with E-state index in [1.807, 2.05) is 19.9 Å². The molecule has 0 aromatic carbocycles. The number of carbonyl (C=O) groups is 1. The van der Waals surface area contributed by atoms with Crippen LogP contribution in [0.4, 0.5) is 5.82 Å². The second-order valence-electron chi connectivity index (χ2n) is 3.78. The van der Waals surface area contributed by atoms with Crippen LogP contribution in [0, 0.1) is 6.92 Å². The van der Waals surface area contributed by atoms with E-state index in [-0.39, 0.29) is 5.91 Å². The summed E-state index contributed by atoms with van der Waals surface area (Å²) in [6.45, 7) is 4.61. The molecule has 0 saturated carbocycles. The van der Waals surface area contributed by atoms with Gasteiger partial charge in [-0.25, -0.2) is 4.98 Å². The lowest BCUT2D eigenvalue weighted by atomic mass is 10.2. The Morgan fingerprint density at radius 3 is 2.78 bits per heavy atom. The number of hydrogen-bond acceptors (Lipinski definition) is 3. The minimum Gasteiger partial charge on any atom is -0.306 e. The lowest BCUT2D eigenvalue weighted by Crippen LogP contribution is -2.14. The minimum absolute atomic E-state index is 0.193. The van der Waals surface area contributed by atoms with Crippen LogP contribution in [0.25, 0.3) is 0 Å². The van der Waals surface area contributed by atoms with E-state index in [2.05, 4.69) is 31.3 Å². The van der Waals surface area contributed by atoms with Crippen LogP contribution in [0.2, 0.25) is 0 Å². The molecule has 0 spiro atoms.